The van der Waals surface area contributed by atoms with Gasteiger partial charge < -0.3 is 0 Å². The zero-order chi connectivity index (χ0) is 11.3. The zero-order valence-electron chi connectivity index (χ0n) is 10.4. The van der Waals surface area contributed by atoms with Crippen molar-refractivity contribution in [2.24, 2.45) is 11.8 Å². The highest BCUT2D eigenvalue weighted by molar-refractivity contribution is 5.20. The van der Waals surface area contributed by atoms with E-state index in [1.165, 1.54) is 25.7 Å². The molecule has 0 heterocycles. The Morgan fingerprint density at radius 1 is 1.13 bits per heavy atom. The van der Waals surface area contributed by atoms with Crippen LogP contribution in [0.3, 0.4) is 0 Å². The summed E-state index contributed by atoms with van der Waals surface area (Å²) in [5, 5.41) is 0. The molecule has 0 unspecified atom stereocenters. The number of hydrogen-bond donors (Lipinski definition) is 0. The second kappa shape index (κ2) is 5.95. The summed E-state index contributed by atoms with van der Waals surface area (Å²) in [6, 6.07) is 0. The van der Waals surface area contributed by atoms with Crippen molar-refractivity contribution in [1.29, 1.82) is 0 Å². The van der Waals surface area contributed by atoms with E-state index in [0.29, 0.717) is 0 Å². The van der Waals surface area contributed by atoms with Gasteiger partial charge in [0.15, 0.2) is 0 Å². The lowest BCUT2D eigenvalue weighted by Crippen LogP contribution is -2.12. The molecule has 0 N–H and O–H groups in total. The first-order chi connectivity index (χ1) is 7.09. The molecule has 15 heavy (non-hydrogen) atoms. The molecule has 0 nitrogen and oxygen atoms in total. The van der Waals surface area contributed by atoms with Gasteiger partial charge in [-0.05, 0) is 38.5 Å². The third kappa shape index (κ3) is 4.51. The van der Waals surface area contributed by atoms with E-state index < -0.39 is 0 Å². The highest BCUT2D eigenvalue weighted by atomic mass is 14.2. The fourth-order valence-electron chi connectivity index (χ4n) is 2.22. The molecule has 1 saturated carbocycles. The number of hydrogen-bond acceptors (Lipinski definition) is 0. The van der Waals surface area contributed by atoms with Gasteiger partial charge in [0.25, 0.3) is 0 Å². The molecule has 1 fully saturated rings. The van der Waals surface area contributed by atoms with E-state index in [1.54, 1.807) is 5.57 Å². The first-order valence-electron chi connectivity index (χ1n) is 6.10. The van der Waals surface area contributed by atoms with Crippen molar-refractivity contribution in [3.8, 4) is 0 Å². The molecule has 0 aromatic heterocycles. The second-order valence-corrected chi connectivity index (χ2v) is 5.07. The molecule has 1 aliphatic rings. The van der Waals surface area contributed by atoms with Crippen LogP contribution >= 0.6 is 0 Å². The molecule has 1 rings (SSSR count). The van der Waals surface area contributed by atoms with Crippen LogP contribution in [0.5, 0.6) is 0 Å². The van der Waals surface area contributed by atoms with Gasteiger partial charge in [-0.2, -0.15) is 0 Å². The minimum Gasteiger partial charge on any atom is -0.0961 e. The zero-order valence-corrected chi connectivity index (χ0v) is 10.4. The number of rotatable bonds is 3. The molecule has 0 spiro atoms. The fourth-order valence-corrected chi connectivity index (χ4v) is 2.22. The summed E-state index contributed by atoms with van der Waals surface area (Å²) in [6.45, 7) is 10.5. The summed E-state index contributed by atoms with van der Waals surface area (Å²) in [6.07, 6.45) is 12.0. The second-order valence-electron chi connectivity index (χ2n) is 5.07. The molecule has 84 valence electrons. The van der Waals surface area contributed by atoms with Crippen LogP contribution in [-0.4, -0.2) is 0 Å². The Balaban J connectivity index is 2.45. The van der Waals surface area contributed by atoms with E-state index >= 15 is 0 Å². The van der Waals surface area contributed by atoms with Crippen molar-refractivity contribution >= 4 is 0 Å². The van der Waals surface area contributed by atoms with Gasteiger partial charge in [-0.1, -0.05) is 55.7 Å². The van der Waals surface area contributed by atoms with Crippen molar-refractivity contribution in [3.63, 3.8) is 0 Å². The van der Waals surface area contributed by atoms with E-state index in [-0.39, 0.29) is 0 Å². The van der Waals surface area contributed by atoms with E-state index in [1.807, 2.05) is 6.92 Å². The van der Waals surface area contributed by atoms with Gasteiger partial charge in [-0.15, -0.1) is 0 Å². The predicted molar refractivity (Wildman–Crippen MR) is 68.8 cm³/mol. The fraction of sp³-hybridized carbons (Fsp3) is 0.600. The lowest BCUT2D eigenvalue weighted by molar-refractivity contribution is 0.320. The quantitative estimate of drug-likeness (QED) is 0.574. The van der Waals surface area contributed by atoms with Gasteiger partial charge in [0.2, 0.25) is 0 Å². The highest BCUT2D eigenvalue weighted by Crippen LogP contribution is 2.32. The first-order valence-corrected chi connectivity index (χ1v) is 6.10. The molecule has 0 aromatic rings. The van der Waals surface area contributed by atoms with Crippen LogP contribution in [0.2, 0.25) is 0 Å². The summed E-state index contributed by atoms with van der Waals surface area (Å²) in [7, 11) is 0. The third-order valence-electron chi connectivity index (χ3n) is 3.40. The molecule has 0 amide bonds. The summed E-state index contributed by atoms with van der Waals surface area (Å²) < 4.78 is 0. The van der Waals surface area contributed by atoms with E-state index in [2.05, 4.69) is 38.7 Å². The maximum Gasteiger partial charge on any atom is -0.0203 e. The molecule has 1 aliphatic carbocycles. The average Bonchev–Trinajstić information content (AvgIpc) is 2.18. The summed E-state index contributed by atoms with van der Waals surface area (Å²) in [5.41, 5.74) is 2.66. The lowest BCUT2D eigenvalue weighted by atomic mass is 9.79. The van der Waals surface area contributed by atoms with Crippen molar-refractivity contribution in [1.82, 2.24) is 0 Å². The molecule has 0 aromatic carbocycles. The normalized spacial score (nSPS) is 28.3. The molecular weight excluding hydrogens is 180 g/mol. The Kier molecular flexibility index (Phi) is 4.87. The molecular formula is C15H24. The first kappa shape index (κ1) is 12.3. The smallest absolute Gasteiger partial charge is 0.0203 e. The van der Waals surface area contributed by atoms with Crippen LogP contribution in [0.15, 0.2) is 36.0 Å². The monoisotopic (exact) mass is 204 g/mol. The largest absolute Gasteiger partial charge is 0.0961 e. The van der Waals surface area contributed by atoms with Crippen LogP contribution in [0.25, 0.3) is 0 Å². The molecule has 0 radical (unpaired) electrons. The molecule has 0 saturated heterocycles. The van der Waals surface area contributed by atoms with Crippen LogP contribution in [-0.2, 0) is 0 Å². The Morgan fingerprint density at radius 3 is 2.27 bits per heavy atom. The van der Waals surface area contributed by atoms with Crippen molar-refractivity contribution in [2.75, 3.05) is 0 Å². The Labute approximate surface area is 94.8 Å². The van der Waals surface area contributed by atoms with Crippen LogP contribution in [0.1, 0.15) is 46.5 Å². The molecule has 0 atom stereocenters. The predicted octanol–water partition coefficient (Wildman–Crippen LogP) is 4.89. The van der Waals surface area contributed by atoms with Gasteiger partial charge in [-0.3, -0.25) is 0 Å². The minimum atomic E-state index is 0.830. The SMILES string of the molecule is C=C(C)/C=C\C=C(/C)C1CCC(C)CC1. The van der Waals surface area contributed by atoms with E-state index in [4.69, 9.17) is 0 Å². The minimum absolute atomic E-state index is 0.830. The van der Waals surface area contributed by atoms with Crippen molar-refractivity contribution in [3.05, 3.63) is 36.0 Å². The van der Waals surface area contributed by atoms with Gasteiger partial charge >= 0.3 is 0 Å². The van der Waals surface area contributed by atoms with Crippen molar-refractivity contribution in [2.45, 2.75) is 46.5 Å². The standard InChI is InChI=1S/C15H24/c1-12(2)6-5-7-14(4)15-10-8-13(3)9-11-15/h5-7,13,15H,1,8-11H2,2-4H3/b6-5-,14-7+. The topological polar surface area (TPSA) is 0 Å². The van der Waals surface area contributed by atoms with Gasteiger partial charge in [0.05, 0.1) is 0 Å². The van der Waals surface area contributed by atoms with Crippen LogP contribution < -0.4 is 0 Å². The van der Waals surface area contributed by atoms with E-state index in [0.717, 1.165) is 17.4 Å². The Morgan fingerprint density at radius 2 is 1.73 bits per heavy atom. The highest BCUT2D eigenvalue weighted by Gasteiger charge is 2.18. The van der Waals surface area contributed by atoms with Gasteiger partial charge in [0.1, 0.15) is 0 Å². The van der Waals surface area contributed by atoms with Crippen LogP contribution in [0, 0.1) is 11.8 Å². The average molecular weight is 204 g/mol. The molecule has 0 bridgehead atoms. The molecule has 0 heteroatoms. The van der Waals surface area contributed by atoms with Gasteiger partial charge in [0, 0.05) is 0 Å². The maximum absolute atomic E-state index is 3.86. The summed E-state index contributed by atoms with van der Waals surface area (Å²) in [5.74, 6) is 1.77. The third-order valence-corrected chi connectivity index (χ3v) is 3.40. The molecule has 0 aliphatic heterocycles. The maximum atomic E-state index is 3.86. The van der Waals surface area contributed by atoms with E-state index in [9.17, 15) is 0 Å². The Bertz CT molecular complexity index is 260. The van der Waals surface area contributed by atoms with Crippen molar-refractivity contribution < 1.29 is 0 Å². The Hall–Kier alpha value is -0.780. The van der Waals surface area contributed by atoms with Gasteiger partial charge in [-0.25, -0.2) is 0 Å². The lowest BCUT2D eigenvalue weighted by Gasteiger charge is -2.26. The number of allylic oxidation sites excluding steroid dienone is 5. The summed E-state index contributed by atoms with van der Waals surface area (Å²) in [4.78, 5) is 0. The van der Waals surface area contributed by atoms with Crippen LogP contribution in [0.4, 0.5) is 0 Å². The summed E-state index contributed by atoms with van der Waals surface area (Å²) >= 11 is 0.